The average molecular weight is 338 g/mol. The van der Waals surface area contributed by atoms with Crippen molar-refractivity contribution in [2.45, 2.75) is 64.0 Å². The minimum atomic E-state index is -0.498. The molecule has 0 radical (unpaired) electrons. The number of aliphatic hydroxyl groups is 1. The molecule has 1 aromatic carbocycles. The number of hydrogen-bond donors (Lipinski definition) is 1. The Morgan fingerprint density at radius 2 is 2.04 bits per heavy atom. The molecule has 1 aromatic heterocycles. The van der Waals surface area contributed by atoms with Crippen molar-refractivity contribution in [3.05, 3.63) is 41.1 Å². The normalized spacial score (nSPS) is 22.2. The molecule has 2 atom stereocenters. The van der Waals surface area contributed by atoms with Crippen LogP contribution in [0, 0.1) is 6.92 Å². The molecular formula is C21H26N2O2. The minimum Gasteiger partial charge on any atom is -0.391 e. The van der Waals surface area contributed by atoms with Crippen molar-refractivity contribution in [1.29, 1.82) is 0 Å². The third kappa shape index (κ3) is 3.15. The van der Waals surface area contributed by atoms with Crippen molar-refractivity contribution in [2.24, 2.45) is 0 Å². The second-order valence-electron chi connectivity index (χ2n) is 7.69. The third-order valence-corrected chi connectivity index (χ3v) is 5.58. The molecule has 4 nitrogen and oxygen atoms in total. The van der Waals surface area contributed by atoms with Gasteiger partial charge in [0, 0.05) is 23.5 Å². The number of hydrogen-bond acceptors (Lipinski definition) is 3. The average Bonchev–Trinajstić information content (AvgIpc) is 3.45. The van der Waals surface area contributed by atoms with Crippen molar-refractivity contribution in [1.82, 2.24) is 9.88 Å². The zero-order valence-corrected chi connectivity index (χ0v) is 15.0. The molecule has 2 unspecified atom stereocenters. The molecule has 1 aliphatic carbocycles. The number of aliphatic hydroxyl groups excluding tert-OH is 1. The summed E-state index contributed by atoms with van der Waals surface area (Å²) in [5, 5.41) is 11.1. The smallest absolute Gasteiger partial charge is 0.254 e. The van der Waals surface area contributed by atoms with Crippen molar-refractivity contribution in [2.75, 3.05) is 6.54 Å². The number of carbonyl (C=O) groups excluding carboxylic acids is 1. The van der Waals surface area contributed by atoms with Crippen LogP contribution in [0.4, 0.5) is 0 Å². The van der Waals surface area contributed by atoms with Crippen molar-refractivity contribution >= 4 is 16.8 Å². The number of amides is 1. The summed E-state index contributed by atoms with van der Waals surface area (Å²) in [6.45, 7) is 4.56. The third-order valence-electron chi connectivity index (χ3n) is 5.58. The maximum absolute atomic E-state index is 13.4. The Balaban J connectivity index is 1.80. The molecule has 132 valence electrons. The first-order chi connectivity index (χ1) is 12.0. The van der Waals surface area contributed by atoms with Crippen LogP contribution in [0.5, 0.6) is 0 Å². The van der Waals surface area contributed by atoms with Gasteiger partial charge < -0.3 is 10.0 Å². The van der Waals surface area contributed by atoms with Crippen LogP contribution in [-0.2, 0) is 0 Å². The fraction of sp³-hybridized carbons (Fsp3) is 0.524. The van der Waals surface area contributed by atoms with Crippen LogP contribution >= 0.6 is 0 Å². The van der Waals surface area contributed by atoms with Crippen LogP contribution in [0.3, 0.4) is 0 Å². The number of aromatic nitrogens is 1. The maximum atomic E-state index is 13.4. The SMILES string of the molecule is Cc1ccc2nc(C3CC3)cc(C(=O)N3CCCCC3C(C)O)c2c1. The summed E-state index contributed by atoms with van der Waals surface area (Å²) < 4.78 is 0. The maximum Gasteiger partial charge on any atom is 0.254 e. The van der Waals surface area contributed by atoms with Crippen LogP contribution in [-0.4, -0.2) is 39.6 Å². The Labute approximate surface area is 148 Å². The van der Waals surface area contributed by atoms with Gasteiger partial charge in [-0.05, 0) is 64.2 Å². The summed E-state index contributed by atoms with van der Waals surface area (Å²) in [5.74, 6) is 0.552. The van der Waals surface area contributed by atoms with Gasteiger partial charge >= 0.3 is 0 Å². The molecule has 2 aliphatic rings. The number of rotatable bonds is 3. The second-order valence-corrected chi connectivity index (χ2v) is 7.69. The standard InChI is InChI=1S/C21H26N2O2/c1-13-6-9-18-16(11-13)17(12-19(22-18)15-7-8-15)21(25)23-10-4-3-5-20(23)14(2)24/h6,9,11-12,14-15,20,24H,3-5,7-8,10H2,1-2H3. The van der Waals surface area contributed by atoms with Crippen molar-refractivity contribution < 1.29 is 9.90 Å². The zero-order valence-electron chi connectivity index (χ0n) is 15.0. The molecule has 1 aliphatic heterocycles. The minimum absolute atomic E-state index is 0.0468. The Morgan fingerprint density at radius 3 is 2.76 bits per heavy atom. The second kappa shape index (κ2) is 6.41. The predicted octanol–water partition coefficient (Wildman–Crippen LogP) is 3.80. The zero-order chi connectivity index (χ0) is 17.6. The van der Waals surface area contributed by atoms with Crippen molar-refractivity contribution in [3.63, 3.8) is 0 Å². The fourth-order valence-electron chi connectivity index (χ4n) is 3.99. The summed E-state index contributed by atoms with van der Waals surface area (Å²) in [6, 6.07) is 8.07. The highest BCUT2D eigenvalue weighted by Gasteiger charge is 2.33. The van der Waals surface area contributed by atoms with Gasteiger partial charge in [0.1, 0.15) is 0 Å². The van der Waals surface area contributed by atoms with E-state index in [-0.39, 0.29) is 11.9 Å². The molecule has 2 aromatic rings. The van der Waals surface area contributed by atoms with Crippen LogP contribution in [0.15, 0.2) is 24.3 Å². The number of fused-ring (bicyclic) bond motifs is 1. The molecule has 1 saturated heterocycles. The molecule has 1 amide bonds. The molecule has 1 saturated carbocycles. The quantitative estimate of drug-likeness (QED) is 0.926. The van der Waals surface area contributed by atoms with Crippen LogP contribution in [0.25, 0.3) is 10.9 Å². The van der Waals surface area contributed by atoms with E-state index in [0.29, 0.717) is 5.92 Å². The molecule has 2 fully saturated rings. The van der Waals surface area contributed by atoms with E-state index in [1.54, 1.807) is 6.92 Å². The molecular weight excluding hydrogens is 312 g/mol. The summed E-state index contributed by atoms with van der Waals surface area (Å²) in [6.07, 6.45) is 4.79. The first-order valence-electron chi connectivity index (χ1n) is 9.45. The van der Waals surface area contributed by atoms with Crippen LogP contribution < -0.4 is 0 Å². The number of pyridine rings is 1. The Hall–Kier alpha value is -1.94. The highest BCUT2D eigenvalue weighted by atomic mass is 16.3. The predicted molar refractivity (Wildman–Crippen MR) is 98.8 cm³/mol. The lowest BCUT2D eigenvalue weighted by Gasteiger charge is -2.37. The summed E-state index contributed by atoms with van der Waals surface area (Å²) in [7, 11) is 0. The van der Waals surface area contributed by atoms with E-state index >= 15 is 0 Å². The number of likely N-dealkylation sites (tertiary alicyclic amines) is 1. The fourth-order valence-corrected chi connectivity index (χ4v) is 3.99. The molecule has 1 N–H and O–H groups in total. The summed E-state index contributed by atoms with van der Waals surface area (Å²) >= 11 is 0. The molecule has 4 heteroatoms. The van der Waals surface area contributed by atoms with E-state index < -0.39 is 6.10 Å². The van der Waals surface area contributed by atoms with Gasteiger partial charge in [-0.1, -0.05) is 11.6 Å². The number of carbonyl (C=O) groups is 1. The van der Waals surface area contributed by atoms with E-state index in [9.17, 15) is 9.90 Å². The Kier molecular flexibility index (Phi) is 4.24. The molecule has 0 bridgehead atoms. The van der Waals surface area contributed by atoms with E-state index in [2.05, 4.69) is 12.1 Å². The van der Waals surface area contributed by atoms with Crippen molar-refractivity contribution in [3.8, 4) is 0 Å². The van der Waals surface area contributed by atoms with E-state index in [1.165, 1.54) is 0 Å². The monoisotopic (exact) mass is 338 g/mol. The number of aryl methyl sites for hydroxylation is 1. The number of piperidine rings is 1. The Bertz CT molecular complexity index is 811. The highest BCUT2D eigenvalue weighted by molar-refractivity contribution is 6.06. The molecule has 0 spiro atoms. The van der Waals surface area contributed by atoms with Gasteiger partial charge in [-0.25, -0.2) is 0 Å². The van der Waals surface area contributed by atoms with Gasteiger partial charge in [0.15, 0.2) is 0 Å². The first-order valence-corrected chi connectivity index (χ1v) is 9.45. The molecule has 25 heavy (non-hydrogen) atoms. The van der Waals surface area contributed by atoms with Gasteiger partial charge in [-0.15, -0.1) is 0 Å². The van der Waals surface area contributed by atoms with Gasteiger partial charge in [0.05, 0.1) is 23.2 Å². The van der Waals surface area contributed by atoms with Crippen LogP contribution in [0.1, 0.15) is 66.6 Å². The summed E-state index contributed by atoms with van der Waals surface area (Å²) in [4.78, 5) is 20.1. The van der Waals surface area contributed by atoms with E-state index in [4.69, 9.17) is 4.98 Å². The molecule has 4 rings (SSSR count). The highest BCUT2D eigenvalue weighted by Crippen LogP contribution is 2.40. The van der Waals surface area contributed by atoms with Crippen LogP contribution in [0.2, 0.25) is 0 Å². The van der Waals surface area contributed by atoms with Gasteiger partial charge in [-0.3, -0.25) is 9.78 Å². The first kappa shape index (κ1) is 16.5. The number of nitrogens with zero attached hydrogens (tertiary/aromatic N) is 2. The topological polar surface area (TPSA) is 53.4 Å². The van der Waals surface area contributed by atoms with E-state index in [1.807, 2.05) is 24.0 Å². The number of benzene rings is 1. The summed E-state index contributed by atoms with van der Waals surface area (Å²) in [5.41, 5.74) is 3.84. The lowest BCUT2D eigenvalue weighted by Crippen LogP contribution is -2.49. The lowest BCUT2D eigenvalue weighted by atomic mass is 9.95. The lowest BCUT2D eigenvalue weighted by molar-refractivity contribution is 0.0282. The Morgan fingerprint density at radius 1 is 1.24 bits per heavy atom. The largest absolute Gasteiger partial charge is 0.391 e. The van der Waals surface area contributed by atoms with Gasteiger partial charge in [0.2, 0.25) is 0 Å². The molecule has 2 heterocycles. The van der Waals surface area contributed by atoms with Gasteiger partial charge in [-0.2, -0.15) is 0 Å². The van der Waals surface area contributed by atoms with Gasteiger partial charge in [0.25, 0.3) is 5.91 Å². The van der Waals surface area contributed by atoms with E-state index in [0.717, 1.165) is 66.4 Å².